The van der Waals surface area contributed by atoms with Crippen molar-refractivity contribution < 1.29 is 9.21 Å². The number of rotatable bonds is 6. The molecule has 2 aromatic heterocycles. The van der Waals surface area contributed by atoms with Gasteiger partial charge in [-0.25, -0.2) is 0 Å². The summed E-state index contributed by atoms with van der Waals surface area (Å²) < 4.78 is 7.58. The zero-order valence-electron chi connectivity index (χ0n) is 12.0. The van der Waals surface area contributed by atoms with E-state index in [2.05, 4.69) is 15.5 Å². The van der Waals surface area contributed by atoms with Gasteiger partial charge in [-0.3, -0.25) is 9.89 Å². The van der Waals surface area contributed by atoms with Crippen molar-refractivity contribution >= 4 is 24.2 Å². The van der Waals surface area contributed by atoms with Crippen LogP contribution in [0.25, 0.3) is 6.08 Å². The third kappa shape index (κ3) is 4.16. The van der Waals surface area contributed by atoms with Crippen LogP contribution in [0.15, 0.2) is 28.9 Å². The summed E-state index contributed by atoms with van der Waals surface area (Å²) >= 11 is 5.18. The molecule has 0 spiro atoms. The Hall–Kier alpha value is -2.15. The molecule has 112 valence electrons. The van der Waals surface area contributed by atoms with Gasteiger partial charge in [-0.15, -0.1) is 0 Å². The molecule has 0 aliphatic heterocycles. The number of hydrogen-bond donors (Lipinski definition) is 2. The zero-order chi connectivity index (χ0) is 15.2. The number of nitrogens with one attached hydrogen (secondary N) is 2. The van der Waals surface area contributed by atoms with E-state index < -0.39 is 0 Å². The molecule has 0 unspecified atom stereocenters. The summed E-state index contributed by atoms with van der Waals surface area (Å²) in [6.45, 7) is 5.16. The van der Waals surface area contributed by atoms with Crippen molar-refractivity contribution in [3.63, 3.8) is 0 Å². The SMILES string of the molecule is CC(C)c1n[nH]c(=S)n1CCNC(=O)C=Cc1ccco1. The van der Waals surface area contributed by atoms with Gasteiger partial charge in [-0.2, -0.15) is 5.10 Å². The molecule has 0 aliphatic rings. The van der Waals surface area contributed by atoms with Crippen molar-refractivity contribution in [2.75, 3.05) is 6.54 Å². The van der Waals surface area contributed by atoms with Crippen LogP contribution in [0.4, 0.5) is 0 Å². The number of aromatic amines is 1. The molecule has 1 amide bonds. The van der Waals surface area contributed by atoms with E-state index in [1.165, 1.54) is 6.08 Å². The molecular weight excluding hydrogens is 288 g/mol. The third-order valence-electron chi connectivity index (χ3n) is 2.88. The largest absolute Gasteiger partial charge is 0.465 e. The van der Waals surface area contributed by atoms with E-state index in [9.17, 15) is 4.79 Å². The fraction of sp³-hybridized carbons (Fsp3) is 0.357. The summed E-state index contributed by atoms with van der Waals surface area (Å²) in [6.07, 6.45) is 4.63. The molecule has 2 heterocycles. The predicted octanol–water partition coefficient (Wildman–Crippen LogP) is 2.49. The average molecular weight is 306 g/mol. The minimum absolute atomic E-state index is 0.174. The number of H-pyrrole nitrogens is 1. The highest BCUT2D eigenvalue weighted by molar-refractivity contribution is 7.71. The molecule has 2 rings (SSSR count). The maximum atomic E-state index is 11.7. The Morgan fingerprint density at radius 1 is 1.62 bits per heavy atom. The van der Waals surface area contributed by atoms with Gasteiger partial charge in [0, 0.05) is 25.1 Å². The lowest BCUT2D eigenvalue weighted by Crippen LogP contribution is -2.26. The quantitative estimate of drug-likeness (QED) is 0.635. The zero-order valence-corrected chi connectivity index (χ0v) is 12.8. The van der Waals surface area contributed by atoms with Crippen LogP contribution in [-0.4, -0.2) is 27.2 Å². The Balaban J connectivity index is 1.86. The fourth-order valence-corrected chi connectivity index (χ4v) is 2.11. The minimum Gasteiger partial charge on any atom is -0.465 e. The molecule has 0 aromatic carbocycles. The van der Waals surface area contributed by atoms with Crippen LogP contribution in [0.5, 0.6) is 0 Å². The number of aromatic nitrogens is 3. The lowest BCUT2D eigenvalue weighted by atomic mass is 10.2. The van der Waals surface area contributed by atoms with Gasteiger partial charge in [0.1, 0.15) is 11.6 Å². The molecule has 2 N–H and O–H groups in total. The van der Waals surface area contributed by atoms with Crippen LogP contribution in [-0.2, 0) is 11.3 Å². The minimum atomic E-state index is -0.174. The molecule has 6 nitrogen and oxygen atoms in total. The molecule has 0 atom stereocenters. The molecule has 2 aromatic rings. The first-order valence-electron chi connectivity index (χ1n) is 6.72. The first kappa shape index (κ1) is 15.2. The van der Waals surface area contributed by atoms with Gasteiger partial charge in [-0.05, 0) is 30.4 Å². The van der Waals surface area contributed by atoms with E-state index in [1.54, 1.807) is 24.5 Å². The Bertz CT molecular complexity index is 667. The summed E-state index contributed by atoms with van der Waals surface area (Å²) in [5, 5.41) is 9.77. The van der Waals surface area contributed by atoms with E-state index >= 15 is 0 Å². The molecule has 21 heavy (non-hydrogen) atoms. The Morgan fingerprint density at radius 3 is 3.10 bits per heavy atom. The van der Waals surface area contributed by atoms with Crippen LogP contribution in [0.1, 0.15) is 31.4 Å². The van der Waals surface area contributed by atoms with Crippen LogP contribution in [0.2, 0.25) is 0 Å². The normalized spacial score (nSPS) is 11.4. The molecule has 0 saturated carbocycles. The highest BCUT2D eigenvalue weighted by Crippen LogP contribution is 2.10. The maximum absolute atomic E-state index is 11.7. The lowest BCUT2D eigenvalue weighted by molar-refractivity contribution is -0.116. The summed E-state index contributed by atoms with van der Waals surface area (Å²) in [5.41, 5.74) is 0. The molecule has 0 aliphatic carbocycles. The molecule has 0 bridgehead atoms. The first-order valence-corrected chi connectivity index (χ1v) is 7.13. The number of carbonyl (C=O) groups excluding carboxylic acids is 1. The van der Waals surface area contributed by atoms with E-state index in [-0.39, 0.29) is 11.8 Å². The monoisotopic (exact) mass is 306 g/mol. The van der Waals surface area contributed by atoms with E-state index in [0.717, 1.165) is 5.82 Å². The van der Waals surface area contributed by atoms with Gasteiger partial charge in [0.15, 0.2) is 4.77 Å². The fourth-order valence-electron chi connectivity index (χ4n) is 1.88. The Labute approximate surface area is 127 Å². The number of amides is 1. The molecular formula is C14H18N4O2S. The number of carbonyl (C=O) groups is 1. The second kappa shape index (κ2) is 7.03. The summed E-state index contributed by atoms with van der Waals surface area (Å²) in [6, 6.07) is 3.55. The standard InChI is InChI=1S/C14H18N4O2S/c1-10(2)13-16-17-14(21)18(13)8-7-15-12(19)6-5-11-4-3-9-20-11/h3-6,9-10H,7-8H2,1-2H3,(H,15,19)(H,17,21). The highest BCUT2D eigenvalue weighted by Gasteiger charge is 2.09. The van der Waals surface area contributed by atoms with Crippen molar-refractivity contribution in [2.45, 2.75) is 26.3 Å². The predicted molar refractivity (Wildman–Crippen MR) is 82.3 cm³/mol. The second-order valence-corrected chi connectivity index (χ2v) is 5.22. The molecule has 0 fully saturated rings. The molecule has 7 heteroatoms. The van der Waals surface area contributed by atoms with Gasteiger partial charge in [0.25, 0.3) is 0 Å². The van der Waals surface area contributed by atoms with Crippen molar-refractivity contribution in [1.29, 1.82) is 0 Å². The first-order chi connectivity index (χ1) is 10.1. The van der Waals surface area contributed by atoms with Gasteiger partial charge in [-0.1, -0.05) is 13.8 Å². The van der Waals surface area contributed by atoms with Crippen molar-refractivity contribution in [1.82, 2.24) is 20.1 Å². The smallest absolute Gasteiger partial charge is 0.244 e. The van der Waals surface area contributed by atoms with Gasteiger partial charge >= 0.3 is 0 Å². The number of nitrogens with zero attached hydrogens (tertiary/aromatic N) is 2. The summed E-state index contributed by atoms with van der Waals surface area (Å²) in [7, 11) is 0. The summed E-state index contributed by atoms with van der Waals surface area (Å²) in [4.78, 5) is 11.7. The topological polar surface area (TPSA) is 75.8 Å². The lowest BCUT2D eigenvalue weighted by Gasteiger charge is -2.09. The van der Waals surface area contributed by atoms with Crippen LogP contribution in [0.3, 0.4) is 0 Å². The highest BCUT2D eigenvalue weighted by atomic mass is 32.1. The van der Waals surface area contributed by atoms with E-state index in [1.807, 2.05) is 18.4 Å². The van der Waals surface area contributed by atoms with Gasteiger partial charge in [0.05, 0.1) is 6.26 Å². The molecule has 0 saturated heterocycles. The Kier molecular flexibility index (Phi) is 5.10. The van der Waals surface area contributed by atoms with Crippen LogP contribution >= 0.6 is 12.2 Å². The van der Waals surface area contributed by atoms with Gasteiger partial charge < -0.3 is 14.3 Å². The van der Waals surface area contributed by atoms with Crippen LogP contribution < -0.4 is 5.32 Å². The number of hydrogen-bond acceptors (Lipinski definition) is 4. The van der Waals surface area contributed by atoms with Crippen molar-refractivity contribution in [3.05, 3.63) is 40.8 Å². The van der Waals surface area contributed by atoms with Crippen molar-refractivity contribution in [2.24, 2.45) is 0 Å². The van der Waals surface area contributed by atoms with Crippen LogP contribution in [0, 0.1) is 4.77 Å². The third-order valence-corrected chi connectivity index (χ3v) is 3.19. The summed E-state index contributed by atoms with van der Waals surface area (Å²) in [5.74, 6) is 1.63. The van der Waals surface area contributed by atoms with Crippen molar-refractivity contribution in [3.8, 4) is 0 Å². The van der Waals surface area contributed by atoms with E-state index in [4.69, 9.17) is 16.6 Å². The number of furan rings is 1. The Morgan fingerprint density at radius 2 is 2.43 bits per heavy atom. The van der Waals surface area contributed by atoms with E-state index in [0.29, 0.717) is 23.6 Å². The average Bonchev–Trinajstić information content (AvgIpc) is 3.07. The second-order valence-electron chi connectivity index (χ2n) is 4.83. The van der Waals surface area contributed by atoms with Gasteiger partial charge in [0.2, 0.25) is 5.91 Å². The molecule has 0 radical (unpaired) electrons. The maximum Gasteiger partial charge on any atom is 0.244 e.